The van der Waals surface area contributed by atoms with Crippen molar-refractivity contribution in [3.8, 4) is 11.8 Å². The van der Waals surface area contributed by atoms with E-state index < -0.39 is 11.5 Å². The molecule has 1 aromatic carbocycles. The summed E-state index contributed by atoms with van der Waals surface area (Å²) >= 11 is 0. The lowest BCUT2D eigenvalue weighted by molar-refractivity contribution is 0.299. The first-order valence-electron chi connectivity index (χ1n) is 8.46. The van der Waals surface area contributed by atoms with Crippen LogP contribution in [0.1, 0.15) is 30.7 Å². The monoisotopic (exact) mass is 332 g/mol. The molecule has 5 nitrogen and oxygen atoms in total. The van der Waals surface area contributed by atoms with Gasteiger partial charge in [-0.05, 0) is 37.3 Å². The Hall–Kier alpha value is -3.00. The van der Waals surface area contributed by atoms with E-state index in [0.29, 0.717) is 33.8 Å². The summed E-state index contributed by atoms with van der Waals surface area (Å²) in [5.74, 6) is 0.631. The van der Waals surface area contributed by atoms with Crippen molar-refractivity contribution in [2.75, 3.05) is 0 Å². The zero-order valence-electron chi connectivity index (χ0n) is 13.5. The SMILES string of the molecule is N#CC1=C(N)Oc2c(c(=O)oc3ccccc23)C1C12C=CC(CC1)C2. The highest BCUT2D eigenvalue weighted by Crippen LogP contribution is 2.60. The number of hydrogen-bond donors (Lipinski definition) is 1. The lowest BCUT2D eigenvalue weighted by Crippen LogP contribution is -2.34. The molecule has 2 N–H and O–H groups in total. The van der Waals surface area contributed by atoms with Gasteiger partial charge in [0, 0.05) is 11.3 Å². The highest BCUT2D eigenvalue weighted by molar-refractivity contribution is 5.85. The summed E-state index contributed by atoms with van der Waals surface area (Å²) in [7, 11) is 0. The largest absolute Gasteiger partial charge is 0.439 e. The number of ether oxygens (including phenoxy) is 1. The van der Waals surface area contributed by atoms with Gasteiger partial charge >= 0.3 is 5.63 Å². The average Bonchev–Trinajstić information content (AvgIpc) is 3.23. The van der Waals surface area contributed by atoms with E-state index in [2.05, 4.69) is 18.2 Å². The molecule has 0 spiro atoms. The van der Waals surface area contributed by atoms with E-state index in [-0.39, 0.29) is 11.3 Å². The standard InChI is InChI=1S/C20H16N2O3/c21-10-13-16(20-7-5-11(9-20)6-8-20)15-17(25-18(13)22)12-3-1-2-4-14(12)24-19(15)23/h1-5,7,11,16H,6,8-9,22H2. The highest BCUT2D eigenvalue weighted by Gasteiger charge is 2.52. The van der Waals surface area contributed by atoms with Crippen LogP contribution in [0.5, 0.6) is 5.75 Å². The number of fused-ring (bicyclic) bond motifs is 5. The van der Waals surface area contributed by atoms with Crippen molar-refractivity contribution in [2.24, 2.45) is 17.1 Å². The Morgan fingerprint density at radius 3 is 2.84 bits per heavy atom. The van der Waals surface area contributed by atoms with Crippen LogP contribution >= 0.6 is 0 Å². The Morgan fingerprint density at radius 1 is 1.32 bits per heavy atom. The fourth-order valence-electron chi connectivity index (χ4n) is 4.79. The fraction of sp³-hybridized carbons (Fsp3) is 0.300. The van der Waals surface area contributed by atoms with Crippen molar-refractivity contribution in [3.63, 3.8) is 0 Å². The molecular weight excluding hydrogens is 316 g/mol. The van der Waals surface area contributed by atoms with Crippen molar-refractivity contribution in [2.45, 2.75) is 25.2 Å². The van der Waals surface area contributed by atoms with Crippen LogP contribution in [0, 0.1) is 22.7 Å². The zero-order valence-corrected chi connectivity index (χ0v) is 13.5. The first-order valence-corrected chi connectivity index (χ1v) is 8.46. The Kier molecular flexibility index (Phi) is 2.73. The molecule has 5 heteroatoms. The molecule has 2 aliphatic carbocycles. The molecule has 0 radical (unpaired) electrons. The van der Waals surface area contributed by atoms with E-state index in [1.165, 1.54) is 0 Å². The van der Waals surface area contributed by atoms with Gasteiger partial charge in [0.25, 0.3) is 0 Å². The van der Waals surface area contributed by atoms with Gasteiger partial charge in [-0.3, -0.25) is 0 Å². The second-order valence-electron chi connectivity index (χ2n) is 7.15. The third-order valence-corrected chi connectivity index (χ3v) is 5.87. The van der Waals surface area contributed by atoms with Crippen LogP contribution in [0.15, 0.2) is 57.1 Å². The number of benzene rings is 1. The van der Waals surface area contributed by atoms with Crippen molar-refractivity contribution in [1.82, 2.24) is 0 Å². The average molecular weight is 332 g/mol. The van der Waals surface area contributed by atoms with Gasteiger partial charge in [0.15, 0.2) is 5.75 Å². The fourth-order valence-corrected chi connectivity index (χ4v) is 4.79. The summed E-state index contributed by atoms with van der Waals surface area (Å²) in [6.07, 6.45) is 7.30. The molecular formula is C20H16N2O3. The predicted molar refractivity (Wildman–Crippen MR) is 91.6 cm³/mol. The van der Waals surface area contributed by atoms with Gasteiger partial charge in [-0.25, -0.2) is 4.79 Å². The molecule has 5 rings (SSSR count). The Labute approximate surface area is 144 Å². The van der Waals surface area contributed by atoms with Gasteiger partial charge < -0.3 is 14.9 Å². The van der Waals surface area contributed by atoms with Crippen LogP contribution in [-0.4, -0.2) is 0 Å². The number of nitrogens with two attached hydrogens (primary N) is 1. The first kappa shape index (κ1) is 14.4. The van der Waals surface area contributed by atoms with Gasteiger partial charge in [0.1, 0.15) is 11.7 Å². The third kappa shape index (κ3) is 1.79. The van der Waals surface area contributed by atoms with Crippen molar-refractivity contribution < 1.29 is 9.15 Å². The van der Waals surface area contributed by atoms with E-state index in [4.69, 9.17) is 14.9 Å². The molecule has 1 fully saturated rings. The number of hydrogen-bond acceptors (Lipinski definition) is 5. The maximum absolute atomic E-state index is 12.8. The molecule has 3 atom stereocenters. The predicted octanol–water partition coefficient (Wildman–Crippen LogP) is 3.32. The second kappa shape index (κ2) is 4.76. The molecule has 0 saturated heterocycles. The highest BCUT2D eigenvalue weighted by atomic mass is 16.5. The summed E-state index contributed by atoms with van der Waals surface area (Å²) < 4.78 is 11.3. The Bertz CT molecular complexity index is 1070. The number of para-hydroxylation sites is 1. The summed E-state index contributed by atoms with van der Waals surface area (Å²) in [6, 6.07) is 9.43. The molecule has 0 amide bonds. The van der Waals surface area contributed by atoms with Crippen molar-refractivity contribution >= 4 is 11.0 Å². The molecule has 25 heavy (non-hydrogen) atoms. The molecule has 3 unspecified atom stereocenters. The van der Waals surface area contributed by atoms with E-state index in [0.717, 1.165) is 19.3 Å². The number of rotatable bonds is 1. The van der Waals surface area contributed by atoms with Gasteiger partial charge in [0.2, 0.25) is 5.88 Å². The lowest BCUT2D eigenvalue weighted by Gasteiger charge is -2.36. The van der Waals surface area contributed by atoms with Crippen LogP contribution in [0.25, 0.3) is 11.0 Å². The molecule has 2 heterocycles. The van der Waals surface area contributed by atoms with Crippen LogP contribution in [-0.2, 0) is 0 Å². The maximum atomic E-state index is 12.8. The topological polar surface area (TPSA) is 89.3 Å². The van der Waals surface area contributed by atoms with E-state index in [1.54, 1.807) is 12.1 Å². The first-order chi connectivity index (χ1) is 12.1. The summed E-state index contributed by atoms with van der Waals surface area (Å²) in [5.41, 5.74) is 6.63. The smallest absolute Gasteiger partial charge is 0.343 e. The molecule has 2 bridgehead atoms. The molecule has 2 aromatic rings. The number of nitrogens with zero attached hydrogens (tertiary/aromatic N) is 1. The minimum atomic E-state index is -0.447. The summed E-state index contributed by atoms with van der Waals surface area (Å²) in [6.45, 7) is 0. The van der Waals surface area contributed by atoms with Crippen LogP contribution in [0.2, 0.25) is 0 Å². The Morgan fingerprint density at radius 2 is 2.16 bits per heavy atom. The lowest BCUT2D eigenvalue weighted by atomic mass is 9.67. The van der Waals surface area contributed by atoms with E-state index in [1.807, 2.05) is 12.1 Å². The Balaban J connectivity index is 1.85. The van der Waals surface area contributed by atoms with E-state index >= 15 is 0 Å². The molecule has 3 aliphatic rings. The number of nitriles is 1. The van der Waals surface area contributed by atoms with Crippen LogP contribution in [0.4, 0.5) is 0 Å². The molecule has 1 aromatic heterocycles. The number of allylic oxidation sites excluding steroid dienone is 3. The third-order valence-electron chi connectivity index (χ3n) is 5.87. The summed E-state index contributed by atoms with van der Waals surface area (Å²) in [4.78, 5) is 12.8. The van der Waals surface area contributed by atoms with Crippen LogP contribution in [0.3, 0.4) is 0 Å². The van der Waals surface area contributed by atoms with Crippen LogP contribution < -0.4 is 16.1 Å². The van der Waals surface area contributed by atoms with Gasteiger partial charge in [-0.2, -0.15) is 5.26 Å². The second-order valence-corrected chi connectivity index (χ2v) is 7.15. The quantitative estimate of drug-likeness (QED) is 0.639. The maximum Gasteiger partial charge on any atom is 0.343 e. The zero-order chi connectivity index (χ0) is 17.2. The van der Waals surface area contributed by atoms with E-state index in [9.17, 15) is 10.1 Å². The van der Waals surface area contributed by atoms with Gasteiger partial charge in [-0.15, -0.1) is 0 Å². The molecule has 124 valence electrons. The van der Waals surface area contributed by atoms with Crippen molar-refractivity contribution in [3.05, 3.63) is 63.9 Å². The summed E-state index contributed by atoms with van der Waals surface area (Å²) in [5, 5.41) is 10.4. The molecule has 1 aliphatic heterocycles. The normalized spacial score (nSPS) is 29.6. The van der Waals surface area contributed by atoms with Gasteiger partial charge in [0.05, 0.1) is 16.5 Å². The van der Waals surface area contributed by atoms with Crippen molar-refractivity contribution in [1.29, 1.82) is 5.26 Å². The molecule has 1 saturated carbocycles. The minimum Gasteiger partial charge on any atom is -0.439 e. The van der Waals surface area contributed by atoms with Gasteiger partial charge in [-0.1, -0.05) is 24.3 Å². The minimum absolute atomic E-state index is 0.0916.